The van der Waals surface area contributed by atoms with E-state index in [-0.39, 0.29) is 6.10 Å². The zero-order chi connectivity index (χ0) is 8.48. The zero-order valence-corrected chi connectivity index (χ0v) is 7.73. The van der Waals surface area contributed by atoms with Crippen molar-refractivity contribution in [3.05, 3.63) is 0 Å². The molecular weight excluding hydrogens is 164 g/mol. The molecule has 1 saturated carbocycles. The maximum atomic E-state index is 10.7. The summed E-state index contributed by atoms with van der Waals surface area (Å²) in [5.41, 5.74) is 0. The average molecular weight is 178 g/mol. The fourth-order valence-electron chi connectivity index (χ4n) is 1.26. The van der Waals surface area contributed by atoms with Crippen molar-refractivity contribution in [1.29, 1.82) is 0 Å². The van der Waals surface area contributed by atoms with E-state index in [1.807, 2.05) is 6.92 Å². The Kier molecular flexibility index (Phi) is 2.54. The Bertz CT molecular complexity index is 216. The Morgan fingerprint density at radius 1 is 1.45 bits per heavy atom. The van der Waals surface area contributed by atoms with Crippen molar-refractivity contribution < 1.29 is 12.6 Å². The van der Waals surface area contributed by atoms with Gasteiger partial charge in [-0.2, -0.15) is 8.42 Å². The third-order valence-electron chi connectivity index (χ3n) is 2.14. The minimum atomic E-state index is -3.24. The summed E-state index contributed by atoms with van der Waals surface area (Å²) in [6, 6.07) is 0. The van der Waals surface area contributed by atoms with Crippen LogP contribution in [-0.2, 0) is 14.3 Å². The van der Waals surface area contributed by atoms with Crippen LogP contribution in [0.15, 0.2) is 0 Å². The third kappa shape index (κ3) is 2.79. The first-order chi connectivity index (χ1) is 4.99. The van der Waals surface area contributed by atoms with Crippen LogP contribution >= 0.6 is 0 Å². The van der Waals surface area contributed by atoms with Crippen LogP contribution in [0, 0.1) is 5.92 Å². The van der Waals surface area contributed by atoms with E-state index < -0.39 is 10.1 Å². The molecule has 0 aromatic carbocycles. The van der Waals surface area contributed by atoms with Crippen LogP contribution in [0.2, 0.25) is 0 Å². The predicted molar refractivity (Wildman–Crippen MR) is 42.7 cm³/mol. The van der Waals surface area contributed by atoms with Crippen molar-refractivity contribution >= 4 is 10.1 Å². The second-order valence-electron chi connectivity index (χ2n) is 3.20. The predicted octanol–water partition coefficient (Wildman–Crippen LogP) is 1.15. The molecule has 1 aliphatic rings. The highest BCUT2D eigenvalue weighted by Crippen LogP contribution is 2.31. The van der Waals surface area contributed by atoms with Crippen LogP contribution in [0.3, 0.4) is 0 Å². The highest BCUT2D eigenvalue weighted by atomic mass is 32.2. The second-order valence-corrected chi connectivity index (χ2v) is 4.80. The summed E-state index contributed by atoms with van der Waals surface area (Å²) in [7, 11) is -3.24. The van der Waals surface area contributed by atoms with Crippen LogP contribution in [-0.4, -0.2) is 20.8 Å². The molecule has 11 heavy (non-hydrogen) atoms. The second kappa shape index (κ2) is 3.11. The van der Waals surface area contributed by atoms with Gasteiger partial charge in [-0.15, -0.1) is 0 Å². The topological polar surface area (TPSA) is 43.4 Å². The lowest BCUT2D eigenvalue weighted by Crippen LogP contribution is -2.28. The summed E-state index contributed by atoms with van der Waals surface area (Å²) in [6.45, 7) is 1.82. The molecular formula is C7H14O3S. The van der Waals surface area contributed by atoms with Gasteiger partial charge in [-0.1, -0.05) is 6.42 Å². The number of hydrogen-bond donors (Lipinski definition) is 0. The van der Waals surface area contributed by atoms with E-state index in [2.05, 4.69) is 0 Å². The summed E-state index contributed by atoms with van der Waals surface area (Å²) in [5.74, 6) is 0.463. The Morgan fingerprint density at radius 3 is 2.27 bits per heavy atom. The van der Waals surface area contributed by atoms with E-state index >= 15 is 0 Å². The van der Waals surface area contributed by atoms with Crippen LogP contribution in [0.4, 0.5) is 0 Å². The summed E-state index contributed by atoms with van der Waals surface area (Å²) < 4.78 is 26.1. The van der Waals surface area contributed by atoms with Crippen molar-refractivity contribution in [2.45, 2.75) is 32.3 Å². The van der Waals surface area contributed by atoms with Gasteiger partial charge in [0, 0.05) is 0 Å². The Hall–Kier alpha value is -0.0900. The van der Waals surface area contributed by atoms with Crippen molar-refractivity contribution in [3.63, 3.8) is 0 Å². The van der Waals surface area contributed by atoms with E-state index in [0.717, 1.165) is 19.1 Å². The normalized spacial score (nSPS) is 22.7. The highest BCUT2D eigenvalue weighted by molar-refractivity contribution is 7.86. The van der Waals surface area contributed by atoms with E-state index in [0.29, 0.717) is 5.92 Å². The lowest BCUT2D eigenvalue weighted by Gasteiger charge is -2.30. The van der Waals surface area contributed by atoms with Gasteiger partial charge in [0.15, 0.2) is 0 Å². The summed E-state index contributed by atoms with van der Waals surface area (Å²) >= 11 is 0. The third-order valence-corrected chi connectivity index (χ3v) is 2.79. The fraction of sp³-hybridized carbons (Fsp3) is 1.00. The van der Waals surface area contributed by atoms with Gasteiger partial charge >= 0.3 is 0 Å². The summed E-state index contributed by atoms with van der Waals surface area (Å²) in [6.07, 6.45) is 4.40. The molecule has 0 saturated heterocycles. The first kappa shape index (κ1) is 9.00. The quantitative estimate of drug-likeness (QED) is 0.609. The van der Waals surface area contributed by atoms with Gasteiger partial charge in [-0.3, -0.25) is 4.18 Å². The van der Waals surface area contributed by atoms with Gasteiger partial charge in [-0.25, -0.2) is 0 Å². The molecule has 3 nitrogen and oxygen atoms in total. The molecule has 0 aliphatic heterocycles. The Morgan fingerprint density at radius 2 is 2.00 bits per heavy atom. The van der Waals surface area contributed by atoms with E-state index in [9.17, 15) is 8.42 Å². The van der Waals surface area contributed by atoms with Crippen molar-refractivity contribution in [3.8, 4) is 0 Å². The molecule has 0 spiro atoms. The lowest BCUT2D eigenvalue weighted by molar-refractivity contribution is 0.106. The van der Waals surface area contributed by atoms with Gasteiger partial charge < -0.3 is 0 Å². The maximum absolute atomic E-state index is 10.7. The van der Waals surface area contributed by atoms with E-state index in [4.69, 9.17) is 4.18 Å². The Balaban J connectivity index is 2.36. The number of rotatable bonds is 3. The largest absolute Gasteiger partial charge is 0.267 e. The molecule has 1 unspecified atom stereocenters. The minimum Gasteiger partial charge on any atom is -0.267 e. The van der Waals surface area contributed by atoms with E-state index in [1.165, 1.54) is 6.42 Å². The lowest BCUT2D eigenvalue weighted by atomic mass is 9.82. The fourth-order valence-corrected chi connectivity index (χ4v) is 1.97. The molecule has 0 aromatic heterocycles. The zero-order valence-electron chi connectivity index (χ0n) is 6.91. The number of hydrogen-bond acceptors (Lipinski definition) is 3. The summed E-state index contributed by atoms with van der Waals surface area (Å²) in [5, 5.41) is 0. The van der Waals surface area contributed by atoms with Gasteiger partial charge in [0.25, 0.3) is 10.1 Å². The van der Waals surface area contributed by atoms with Crippen LogP contribution in [0.1, 0.15) is 26.2 Å². The van der Waals surface area contributed by atoms with E-state index in [1.54, 1.807) is 0 Å². The molecule has 0 heterocycles. The molecule has 1 aliphatic carbocycles. The first-order valence-electron chi connectivity index (χ1n) is 3.87. The molecule has 1 atom stereocenters. The van der Waals surface area contributed by atoms with Gasteiger partial charge in [0.05, 0.1) is 12.4 Å². The monoisotopic (exact) mass is 178 g/mol. The SMILES string of the molecule is CC(OS(C)(=O)=O)C1CCC1. The molecule has 4 heteroatoms. The van der Waals surface area contributed by atoms with Crippen molar-refractivity contribution in [2.24, 2.45) is 5.92 Å². The molecule has 0 N–H and O–H groups in total. The van der Waals surface area contributed by atoms with Gasteiger partial charge in [0.1, 0.15) is 0 Å². The molecule has 0 bridgehead atoms. The van der Waals surface area contributed by atoms with Crippen LogP contribution in [0.5, 0.6) is 0 Å². The molecule has 0 amide bonds. The highest BCUT2D eigenvalue weighted by Gasteiger charge is 2.26. The standard InChI is InChI=1S/C7H14O3S/c1-6(7-4-3-5-7)10-11(2,8)9/h6-7H,3-5H2,1-2H3. The molecule has 66 valence electrons. The molecule has 0 aromatic rings. The molecule has 0 radical (unpaired) electrons. The smallest absolute Gasteiger partial charge is 0.264 e. The molecule has 1 rings (SSSR count). The van der Waals surface area contributed by atoms with Gasteiger partial charge in [0.2, 0.25) is 0 Å². The first-order valence-corrected chi connectivity index (χ1v) is 5.69. The van der Waals surface area contributed by atoms with Crippen molar-refractivity contribution in [1.82, 2.24) is 0 Å². The average Bonchev–Trinajstić information content (AvgIpc) is 1.50. The van der Waals surface area contributed by atoms with Crippen LogP contribution < -0.4 is 0 Å². The van der Waals surface area contributed by atoms with Crippen molar-refractivity contribution in [2.75, 3.05) is 6.26 Å². The summed E-state index contributed by atoms with van der Waals surface area (Å²) in [4.78, 5) is 0. The Labute approximate surface area is 67.9 Å². The maximum Gasteiger partial charge on any atom is 0.264 e. The van der Waals surface area contributed by atoms with Gasteiger partial charge in [-0.05, 0) is 25.7 Å². The molecule has 1 fully saturated rings. The minimum absolute atomic E-state index is 0.126. The van der Waals surface area contributed by atoms with Crippen LogP contribution in [0.25, 0.3) is 0 Å².